The van der Waals surface area contributed by atoms with Gasteiger partial charge in [-0.3, -0.25) is 0 Å². The third-order valence-corrected chi connectivity index (χ3v) is 5.91. The normalized spacial score (nSPS) is 15.7. The molecule has 0 bridgehead atoms. The van der Waals surface area contributed by atoms with Crippen LogP contribution < -0.4 is 14.8 Å². The lowest BCUT2D eigenvalue weighted by molar-refractivity contribution is 0.283. The van der Waals surface area contributed by atoms with Gasteiger partial charge in [-0.25, -0.2) is 0 Å². The van der Waals surface area contributed by atoms with Crippen LogP contribution in [0.3, 0.4) is 0 Å². The van der Waals surface area contributed by atoms with Crippen molar-refractivity contribution in [2.24, 2.45) is 0 Å². The minimum absolute atomic E-state index is 0.169. The summed E-state index contributed by atoms with van der Waals surface area (Å²) >= 11 is 0. The van der Waals surface area contributed by atoms with E-state index in [1.54, 1.807) is 7.11 Å². The summed E-state index contributed by atoms with van der Waals surface area (Å²) in [6, 6.07) is 19.3. The smallest absolute Gasteiger partial charge is 0.162 e. The van der Waals surface area contributed by atoms with Crippen LogP contribution in [0.5, 0.6) is 11.5 Å². The first-order chi connectivity index (χ1) is 14.1. The number of rotatable bonds is 5. The molecule has 3 nitrogen and oxygen atoms in total. The highest BCUT2D eigenvalue weighted by Crippen LogP contribution is 2.39. The van der Waals surface area contributed by atoms with Gasteiger partial charge in [0.1, 0.15) is 6.61 Å². The topological polar surface area (TPSA) is 30.5 Å². The number of hydrogen-bond acceptors (Lipinski definition) is 3. The first kappa shape index (κ1) is 19.5. The molecule has 1 N–H and O–H groups in total. The van der Waals surface area contributed by atoms with Crippen molar-refractivity contribution in [2.75, 3.05) is 13.7 Å². The Hall–Kier alpha value is -2.78. The zero-order valence-electron chi connectivity index (χ0n) is 17.7. The first-order valence-corrected chi connectivity index (χ1v) is 10.3. The van der Waals surface area contributed by atoms with Gasteiger partial charge in [0.25, 0.3) is 0 Å². The molecule has 0 spiro atoms. The Labute approximate surface area is 173 Å². The average Bonchev–Trinajstić information content (AvgIpc) is 2.74. The predicted octanol–water partition coefficient (Wildman–Crippen LogP) is 5.43. The summed E-state index contributed by atoms with van der Waals surface area (Å²) in [5, 5.41) is 3.72. The van der Waals surface area contributed by atoms with E-state index < -0.39 is 0 Å². The van der Waals surface area contributed by atoms with Crippen LogP contribution in [-0.2, 0) is 13.0 Å². The molecular formula is C26H29NO2. The number of hydrogen-bond donors (Lipinski definition) is 1. The minimum Gasteiger partial charge on any atom is -0.493 e. The average molecular weight is 388 g/mol. The van der Waals surface area contributed by atoms with Crippen LogP contribution in [-0.4, -0.2) is 13.7 Å². The number of benzene rings is 3. The zero-order chi connectivity index (χ0) is 20.4. The molecule has 0 aliphatic carbocycles. The second kappa shape index (κ2) is 8.30. The summed E-state index contributed by atoms with van der Waals surface area (Å²) in [6.45, 7) is 8.04. The van der Waals surface area contributed by atoms with E-state index in [1.807, 2.05) is 18.2 Å². The number of nitrogens with one attached hydrogen (secondary N) is 1. The highest BCUT2D eigenvalue weighted by Gasteiger charge is 2.25. The van der Waals surface area contributed by atoms with E-state index >= 15 is 0 Å². The molecule has 29 heavy (non-hydrogen) atoms. The minimum atomic E-state index is 0.169. The molecule has 1 heterocycles. The standard InChI is InChI=1S/C26H29NO2/c1-17-12-19(3)22(13-18(17)2)26-23-15-25(29-16-20-8-6-5-7-9-20)24(28-4)14-21(23)10-11-27-26/h5-9,12-15,26-27H,10-11,16H2,1-4H3. The van der Waals surface area contributed by atoms with Crippen molar-refractivity contribution in [3.05, 3.63) is 93.5 Å². The van der Waals surface area contributed by atoms with Gasteiger partial charge < -0.3 is 14.8 Å². The van der Waals surface area contributed by atoms with Crippen LogP contribution in [0.1, 0.15) is 45.0 Å². The van der Waals surface area contributed by atoms with Gasteiger partial charge in [-0.2, -0.15) is 0 Å². The fourth-order valence-electron chi connectivity index (χ4n) is 4.14. The van der Waals surface area contributed by atoms with Crippen molar-refractivity contribution in [3.8, 4) is 11.5 Å². The van der Waals surface area contributed by atoms with Crippen molar-refractivity contribution >= 4 is 0 Å². The fourth-order valence-corrected chi connectivity index (χ4v) is 4.14. The molecule has 1 aliphatic heterocycles. The Morgan fingerprint density at radius 1 is 0.862 bits per heavy atom. The van der Waals surface area contributed by atoms with Gasteiger partial charge in [-0.1, -0.05) is 42.5 Å². The largest absolute Gasteiger partial charge is 0.493 e. The maximum Gasteiger partial charge on any atom is 0.162 e. The van der Waals surface area contributed by atoms with Crippen LogP contribution >= 0.6 is 0 Å². The molecule has 1 aliphatic rings. The summed E-state index contributed by atoms with van der Waals surface area (Å²) in [5.74, 6) is 1.60. The molecule has 150 valence electrons. The van der Waals surface area contributed by atoms with E-state index in [9.17, 15) is 0 Å². The summed E-state index contributed by atoms with van der Waals surface area (Å²) in [7, 11) is 1.71. The van der Waals surface area contributed by atoms with Crippen molar-refractivity contribution in [1.29, 1.82) is 0 Å². The Morgan fingerprint density at radius 2 is 1.62 bits per heavy atom. The molecule has 0 amide bonds. The van der Waals surface area contributed by atoms with E-state index in [2.05, 4.69) is 62.5 Å². The van der Waals surface area contributed by atoms with Crippen molar-refractivity contribution in [1.82, 2.24) is 5.32 Å². The summed E-state index contributed by atoms with van der Waals surface area (Å²) in [6.07, 6.45) is 0.991. The second-order valence-electron chi connectivity index (χ2n) is 7.91. The van der Waals surface area contributed by atoms with Gasteiger partial charge in [0.05, 0.1) is 13.2 Å². The molecule has 1 unspecified atom stereocenters. The predicted molar refractivity (Wildman–Crippen MR) is 118 cm³/mol. The van der Waals surface area contributed by atoms with E-state index in [4.69, 9.17) is 9.47 Å². The molecular weight excluding hydrogens is 358 g/mol. The highest BCUT2D eigenvalue weighted by molar-refractivity contribution is 5.53. The molecule has 4 rings (SSSR count). The zero-order valence-corrected chi connectivity index (χ0v) is 17.7. The highest BCUT2D eigenvalue weighted by atomic mass is 16.5. The number of methoxy groups -OCH3 is 1. The lowest BCUT2D eigenvalue weighted by Crippen LogP contribution is -2.31. The Bertz CT molecular complexity index is 1010. The summed E-state index contributed by atoms with van der Waals surface area (Å²) in [5.41, 5.74) is 9.08. The number of ether oxygens (including phenoxy) is 2. The Morgan fingerprint density at radius 3 is 2.38 bits per heavy atom. The number of fused-ring (bicyclic) bond motifs is 1. The van der Waals surface area contributed by atoms with Crippen LogP contribution in [0, 0.1) is 20.8 Å². The van der Waals surface area contributed by atoms with E-state index in [1.165, 1.54) is 33.4 Å². The van der Waals surface area contributed by atoms with Gasteiger partial charge in [0, 0.05) is 6.54 Å². The molecule has 3 aromatic carbocycles. The van der Waals surface area contributed by atoms with Gasteiger partial charge in [0.15, 0.2) is 11.5 Å². The first-order valence-electron chi connectivity index (χ1n) is 10.3. The lowest BCUT2D eigenvalue weighted by atomic mass is 9.86. The quantitative estimate of drug-likeness (QED) is 0.633. The SMILES string of the molecule is COc1cc2c(cc1OCc1ccccc1)C(c1cc(C)c(C)cc1C)NCC2. The molecule has 3 aromatic rings. The van der Waals surface area contributed by atoms with Crippen LogP contribution in [0.25, 0.3) is 0 Å². The monoisotopic (exact) mass is 387 g/mol. The molecule has 0 saturated carbocycles. The number of aryl methyl sites for hydroxylation is 3. The van der Waals surface area contributed by atoms with Crippen molar-refractivity contribution in [3.63, 3.8) is 0 Å². The molecule has 0 radical (unpaired) electrons. The maximum absolute atomic E-state index is 6.18. The molecule has 0 saturated heterocycles. The van der Waals surface area contributed by atoms with Gasteiger partial charge in [-0.15, -0.1) is 0 Å². The third kappa shape index (κ3) is 4.01. The van der Waals surface area contributed by atoms with Crippen molar-refractivity contribution in [2.45, 2.75) is 39.8 Å². The van der Waals surface area contributed by atoms with Crippen LogP contribution in [0.2, 0.25) is 0 Å². The maximum atomic E-state index is 6.18. The second-order valence-corrected chi connectivity index (χ2v) is 7.91. The van der Waals surface area contributed by atoms with Gasteiger partial charge >= 0.3 is 0 Å². The third-order valence-electron chi connectivity index (χ3n) is 5.91. The van der Waals surface area contributed by atoms with Crippen LogP contribution in [0.15, 0.2) is 54.6 Å². The van der Waals surface area contributed by atoms with E-state index in [-0.39, 0.29) is 6.04 Å². The molecule has 0 aromatic heterocycles. The Kier molecular flexibility index (Phi) is 5.59. The lowest BCUT2D eigenvalue weighted by Gasteiger charge is -2.30. The van der Waals surface area contributed by atoms with E-state index in [0.717, 1.165) is 30.0 Å². The molecule has 0 fully saturated rings. The van der Waals surface area contributed by atoms with Gasteiger partial charge in [-0.05, 0) is 78.3 Å². The summed E-state index contributed by atoms with van der Waals surface area (Å²) < 4.78 is 11.8. The van der Waals surface area contributed by atoms with Crippen LogP contribution in [0.4, 0.5) is 0 Å². The molecule has 1 atom stereocenters. The van der Waals surface area contributed by atoms with Gasteiger partial charge in [0.2, 0.25) is 0 Å². The Balaban J connectivity index is 1.71. The van der Waals surface area contributed by atoms with Crippen molar-refractivity contribution < 1.29 is 9.47 Å². The van der Waals surface area contributed by atoms with E-state index in [0.29, 0.717) is 6.61 Å². The summed E-state index contributed by atoms with van der Waals surface area (Å²) in [4.78, 5) is 0. The fraction of sp³-hybridized carbons (Fsp3) is 0.308. The molecule has 3 heteroatoms.